The zero-order chi connectivity index (χ0) is 24.4. The number of nitrogens with zero attached hydrogens (tertiary/aromatic N) is 2. The van der Waals surface area contributed by atoms with Gasteiger partial charge in [0, 0.05) is 13.1 Å². The Kier molecular flexibility index (Phi) is 10.9. The molecule has 0 bridgehead atoms. The molecule has 182 valence electrons. The molecule has 0 spiro atoms. The van der Waals surface area contributed by atoms with Crippen LogP contribution in [0, 0.1) is 5.92 Å². The molecule has 0 saturated carbocycles. The minimum absolute atomic E-state index is 0.0898. The van der Waals surface area contributed by atoms with Gasteiger partial charge in [0.25, 0.3) is 0 Å². The molecule has 32 heavy (non-hydrogen) atoms. The van der Waals surface area contributed by atoms with E-state index in [0.717, 1.165) is 0 Å². The van der Waals surface area contributed by atoms with Crippen LogP contribution in [0.2, 0.25) is 0 Å². The molecule has 0 radical (unpaired) electrons. The summed E-state index contributed by atoms with van der Waals surface area (Å²) in [4.78, 5) is 55.0. The molecule has 3 amide bonds. The summed E-state index contributed by atoms with van der Waals surface area (Å²) in [6.07, 6.45) is 2.14. The van der Waals surface area contributed by atoms with Gasteiger partial charge in [-0.3, -0.25) is 19.4 Å². The molecule has 0 aliphatic carbocycles. The maximum atomic E-state index is 13.2. The molecule has 0 aromatic rings. The average Bonchev–Trinajstić information content (AvgIpc) is 3.22. The van der Waals surface area contributed by atoms with Crippen molar-refractivity contribution in [2.75, 3.05) is 13.1 Å². The van der Waals surface area contributed by atoms with Crippen LogP contribution in [0.5, 0.6) is 0 Å². The monoisotopic (exact) mass is 455 g/mol. The molecule has 1 aliphatic heterocycles. The third-order valence-corrected chi connectivity index (χ3v) is 5.59. The number of carboxylic acids is 1. The zero-order valence-corrected chi connectivity index (χ0v) is 19.0. The summed E-state index contributed by atoms with van der Waals surface area (Å²) >= 11 is 0. The standard InChI is InChI=1S/C20H37N7O5/c1-4-11(2)15(26-16(28)12(3)21)18(30)27-10-6-8-14(27)17(29)25-13(19(31)32)7-5-9-24-20(22)23/h11-15H,4-10,21H2,1-3H3,(H,25,29)(H,26,28)(H,31,32)(H4,22,23,24). The second-order valence-corrected chi connectivity index (χ2v) is 8.20. The Morgan fingerprint density at radius 3 is 2.38 bits per heavy atom. The van der Waals surface area contributed by atoms with Crippen molar-refractivity contribution in [3.63, 3.8) is 0 Å². The fraction of sp³-hybridized carbons (Fsp3) is 0.750. The minimum Gasteiger partial charge on any atom is -0.480 e. The largest absolute Gasteiger partial charge is 0.480 e. The number of carbonyl (C=O) groups is 4. The van der Waals surface area contributed by atoms with Gasteiger partial charge < -0.3 is 37.8 Å². The van der Waals surface area contributed by atoms with E-state index in [-0.39, 0.29) is 30.8 Å². The van der Waals surface area contributed by atoms with Gasteiger partial charge in [-0.15, -0.1) is 0 Å². The molecule has 1 aliphatic rings. The predicted octanol–water partition coefficient (Wildman–Crippen LogP) is -1.52. The Balaban J connectivity index is 2.88. The van der Waals surface area contributed by atoms with Crippen LogP contribution in [-0.2, 0) is 19.2 Å². The molecule has 0 aromatic carbocycles. The molecule has 5 atom stereocenters. The smallest absolute Gasteiger partial charge is 0.326 e. The Morgan fingerprint density at radius 2 is 1.84 bits per heavy atom. The van der Waals surface area contributed by atoms with E-state index in [1.807, 2.05) is 13.8 Å². The number of amides is 3. The summed E-state index contributed by atoms with van der Waals surface area (Å²) in [5.74, 6) is -2.79. The van der Waals surface area contributed by atoms with Gasteiger partial charge in [-0.1, -0.05) is 20.3 Å². The lowest BCUT2D eigenvalue weighted by Crippen LogP contribution is -2.58. The highest BCUT2D eigenvalue weighted by molar-refractivity contribution is 5.94. The van der Waals surface area contributed by atoms with Crippen LogP contribution in [0.4, 0.5) is 0 Å². The third kappa shape index (κ3) is 7.98. The molecule has 1 saturated heterocycles. The van der Waals surface area contributed by atoms with Crippen molar-refractivity contribution in [1.29, 1.82) is 0 Å². The third-order valence-electron chi connectivity index (χ3n) is 5.59. The van der Waals surface area contributed by atoms with Gasteiger partial charge in [0.2, 0.25) is 17.7 Å². The molecular formula is C20H37N7O5. The molecular weight excluding hydrogens is 418 g/mol. The van der Waals surface area contributed by atoms with Gasteiger partial charge in [0.15, 0.2) is 5.96 Å². The molecule has 9 N–H and O–H groups in total. The van der Waals surface area contributed by atoms with Crippen LogP contribution in [-0.4, -0.2) is 76.9 Å². The quantitative estimate of drug-likeness (QED) is 0.115. The number of aliphatic imine (C=N–C) groups is 1. The second-order valence-electron chi connectivity index (χ2n) is 8.20. The van der Waals surface area contributed by atoms with Crippen LogP contribution in [0.25, 0.3) is 0 Å². The fourth-order valence-electron chi connectivity index (χ4n) is 3.48. The van der Waals surface area contributed by atoms with Crippen molar-refractivity contribution in [3.8, 4) is 0 Å². The number of hydrogen-bond acceptors (Lipinski definition) is 6. The van der Waals surface area contributed by atoms with Crippen molar-refractivity contribution in [3.05, 3.63) is 0 Å². The summed E-state index contributed by atoms with van der Waals surface area (Å²) in [6, 6.07) is -3.53. The van der Waals surface area contributed by atoms with E-state index in [4.69, 9.17) is 17.2 Å². The molecule has 1 heterocycles. The lowest BCUT2D eigenvalue weighted by molar-refractivity contribution is -0.145. The molecule has 5 unspecified atom stereocenters. The first-order valence-electron chi connectivity index (χ1n) is 10.9. The Bertz CT molecular complexity index is 708. The maximum Gasteiger partial charge on any atom is 0.326 e. The lowest BCUT2D eigenvalue weighted by Gasteiger charge is -2.32. The summed E-state index contributed by atoms with van der Waals surface area (Å²) in [5.41, 5.74) is 16.1. The van der Waals surface area contributed by atoms with Gasteiger partial charge >= 0.3 is 5.97 Å². The predicted molar refractivity (Wildman–Crippen MR) is 119 cm³/mol. The number of aliphatic carboxylic acids is 1. The van der Waals surface area contributed by atoms with E-state index < -0.39 is 42.0 Å². The molecule has 12 heteroatoms. The molecule has 0 aromatic heterocycles. The highest BCUT2D eigenvalue weighted by atomic mass is 16.4. The summed E-state index contributed by atoms with van der Waals surface area (Å²) in [5, 5.41) is 14.7. The summed E-state index contributed by atoms with van der Waals surface area (Å²) in [6.45, 7) is 5.86. The average molecular weight is 456 g/mol. The van der Waals surface area contributed by atoms with E-state index >= 15 is 0 Å². The van der Waals surface area contributed by atoms with Gasteiger partial charge in [-0.2, -0.15) is 0 Å². The first-order chi connectivity index (χ1) is 15.0. The van der Waals surface area contributed by atoms with Crippen molar-refractivity contribution in [1.82, 2.24) is 15.5 Å². The van der Waals surface area contributed by atoms with Gasteiger partial charge in [0.05, 0.1) is 6.04 Å². The number of carboxylic acid groups (broad SMARTS) is 1. The number of nitrogens with two attached hydrogens (primary N) is 3. The van der Waals surface area contributed by atoms with E-state index in [1.165, 1.54) is 11.8 Å². The van der Waals surface area contributed by atoms with Crippen LogP contribution in [0.15, 0.2) is 4.99 Å². The molecule has 1 rings (SSSR count). The number of rotatable bonds is 12. The SMILES string of the molecule is CCC(C)C(NC(=O)C(C)N)C(=O)N1CCCC1C(=O)NC(CCCN=C(N)N)C(=O)O. The lowest BCUT2D eigenvalue weighted by atomic mass is 9.97. The molecule has 1 fully saturated rings. The Hall–Kier alpha value is -2.89. The topological polar surface area (TPSA) is 206 Å². The second kappa shape index (κ2) is 12.8. The number of likely N-dealkylation sites (tertiary alicyclic amines) is 1. The van der Waals surface area contributed by atoms with Crippen LogP contribution in [0.1, 0.15) is 52.9 Å². The Morgan fingerprint density at radius 1 is 1.19 bits per heavy atom. The van der Waals surface area contributed by atoms with Gasteiger partial charge in [-0.05, 0) is 38.5 Å². The summed E-state index contributed by atoms with van der Waals surface area (Å²) < 4.78 is 0. The normalized spacial score (nSPS) is 19.4. The molecule has 12 nitrogen and oxygen atoms in total. The van der Waals surface area contributed by atoms with E-state index in [9.17, 15) is 24.3 Å². The number of carbonyl (C=O) groups excluding carboxylic acids is 3. The highest BCUT2D eigenvalue weighted by Crippen LogP contribution is 2.22. The van der Waals surface area contributed by atoms with Crippen LogP contribution < -0.4 is 27.8 Å². The number of guanidine groups is 1. The van der Waals surface area contributed by atoms with Crippen LogP contribution in [0.3, 0.4) is 0 Å². The Labute approximate surface area is 188 Å². The van der Waals surface area contributed by atoms with E-state index in [0.29, 0.717) is 32.2 Å². The van der Waals surface area contributed by atoms with Crippen molar-refractivity contribution in [2.45, 2.75) is 77.0 Å². The van der Waals surface area contributed by atoms with Crippen molar-refractivity contribution >= 4 is 29.7 Å². The fourth-order valence-corrected chi connectivity index (χ4v) is 3.48. The number of hydrogen-bond donors (Lipinski definition) is 6. The first kappa shape index (κ1) is 27.1. The summed E-state index contributed by atoms with van der Waals surface area (Å²) in [7, 11) is 0. The number of nitrogens with one attached hydrogen (secondary N) is 2. The van der Waals surface area contributed by atoms with Crippen molar-refractivity contribution in [2.24, 2.45) is 28.1 Å². The zero-order valence-electron chi connectivity index (χ0n) is 19.0. The van der Waals surface area contributed by atoms with E-state index in [2.05, 4.69) is 15.6 Å². The highest BCUT2D eigenvalue weighted by Gasteiger charge is 2.40. The van der Waals surface area contributed by atoms with Crippen molar-refractivity contribution < 1.29 is 24.3 Å². The maximum absolute atomic E-state index is 13.2. The van der Waals surface area contributed by atoms with Crippen LogP contribution >= 0.6 is 0 Å². The van der Waals surface area contributed by atoms with Gasteiger partial charge in [-0.25, -0.2) is 4.79 Å². The first-order valence-corrected chi connectivity index (χ1v) is 10.9. The van der Waals surface area contributed by atoms with Gasteiger partial charge in [0.1, 0.15) is 18.1 Å². The minimum atomic E-state index is -1.18. The van der Waals surface area contributed by atoms with E-state index in [1.54, 1.807) is 0 Å².